The van der Waals surface area contributed by atoms with E-state index in [0.29, 0.717) is 0 Å². The maximum atomic E-state index is 4.33. The molecule has 0 saturated carbocycles. The van der Waals surface area contributed by atoms with Gasteiger partial charge in [-0.2, -0.15) is 0 Å². The second-order valence-corrected chi connectivity index (χ2v) is 8.40. The fourth-order valence-corrected chi connectivity index (χ4v) is 4.62. The number of pyridine rings is 4. The first-order valence-corrected chi connectivity index (χ1v) is 11.2. The van der Waals surface area contributed by atoms with E-state index in [1.165, 1.54) is 43.1 Å². The van der Waals surface area contributed by atoms with Crippen molar-refractivity contribution in [3.05, 3.63) is 98.1 Å². The third kappa shape index (κ3) is 3.44. The zero-order chi connectivity index (χ0) is 21.3. The van der Waals surface area contributed by atoms with E-state index in [4.69, 9.17) is 0 Å². The molecule has 4 heterocycles. The van der Waals surface area contributed by atoms with Crippen molar-refractivity contribution in [1.29, 1.82) is 0 Å². The van der Waals surface area contributed by atoms with Gasteiger partial charge in [0.15, 0.2) is 24.8 Å². The molecule has 6 aromatic rings. The van der Waals surface area contributed by atoms with Crippen LogP contribution in [0.25, 0.3) is 43.1 Å². The maximum Gasteiger partial charge on any atom is 0.177 e. The van der Waals surface area contributed by atoms with Gasteiger partial charge in [-0.1, -0.05) is 24.3 Å². The molecule has 0 atom stereocenters. The van der Waals surface area contributed by atoms with Gasteiger partial charge >= 0.3 is 0 Å². The van der Waals surface area contributed by atoms with Crippen LogP contribution in [0.1, 0.15) is 12.8 Å². The van der Waals surface area contributed by atoms with E-state index in [1.807, 2.05) is 24.8 Å². The third-order valence-electron chi connectivity index (χ3n) is 6.36. The Morgan fingerprint density at radius 1 is 0.500 bits per heavy atom. The third-order valence-corrected chi connectivity index (χ3v) is 6.36. The Morgan fingerprint density at radius 3 is 1.41 bits per heavy atom. The second-order valence-electron chi connectivity index (χ2n) is 8.40. The van der Waals surface area contributed by atoms with Gasteiger partial charge in [-0.25, -0.2) is 9.13 Å². The fourth-order valence-electron chi connectivity index (χ4n) is 4.62. The number of rotatable bonds is 5. The summed E-state index contributed by atoms with van der Waals surface area (Å²) < 4.78 is 4.61. The molecule has 4 aromatic heterocycles. The average molecular weight is 417 g/mol. The molecule has 0 amide bonds. The number of unbranched alkanes of at least 4 members (excludes halogenated alkanes) is 1. The van der Waals surface area contributed by atoms with E-state index < -0.39 is 0 Å². The van der Waals surface area contributed by atoms with Crippen molar-refractivity contribution in [2.45, 2.75) is 25.9 Å². The molecule has 0 N–H and O–H groups in total. The zero-order valence-electron chi connectivity index (χ0n) is 17.9. The summed E-state index contributed by atoms with van der Waals surface area (Å²) in [6.45, 7) is 2.02. The minimum atomic E-state index is 1.01. The molecule has 0 saturated heterocycles. The van der Waals surface area contributed by atoms with Gasteiger partial charge < -0.3 is 0 Å². The highest BCUT2D eigenvalue weighted by Gasteiger charge is 2.10. The lowest BCUT2D eigenvalue weighted by Crippen LogP contribution is -2.35. The van der Waals surface area contributed by atoms with Crippen LogP contribution in [0.15, 0.2) is 98.1 Å². The molecule has 4 heteroatoms. The Balaban J connectivity index is 1.18. The highest BCUT2D eigenvalue weighted by atomic mass is 14.9. The molecule has 4 nitrogen and oxygen atoms in total. The van der Waals surface area contributed by atoms with Crippen LogP contribution in [0.4, 0.5) is 0 Å². The molecule has 0 bridgehead atoms. The molecule has 0 aliphatic heterocycles. The van der Waals surface area contributed by atoms with Gasteiger partial charge in [-0.3, -0.25) is 9.97 Å². The van der Waals surface area contributed by atoms with Crippen LogP contribution in [0.3, 0.4) is 0 Å². The predicted octanol–water partition coefficient (Wildman–Crippen LogP) is 5.14. The van der Waals surface area contributed by atoms with E-state index in [9.17, 15) is 0 Å². The molecule has 0 fully saturated rings. The van der Waals surface area contributed by atoms with Gasteiger partial charge in [0.05, 0.1) is 10.8 Å². The van der Waals surface area contributed by atoms with Crippen LogP contribution in [-0.2, 0) is 13.1 Å². The highest BCUT2D eigenvalue weighted by molar-refractivity contribution is 6.07. The van der Waals surface area contributed by atoms with Crippen molar-refractivity contribution in [2.24, 2.45) is 0 Å². The first-order valence-electron chi connectivity index (χ1n) is 11.2. The number of aryl methyl sites for hydroxylation is 2. The molecular weight excluding hydrogens is 392 g/mol. The Labute approximate surface area is 186 Å². The van der Waals surface area contributed by atoms with Crippen LogP contribution in [0.5, 0.6) is 0 Å². The molecule has 32 heavy (non-hydrogen) atoms. The van der Waals surface area contributed by atoms with Gasteiger partial charge in [0.2, 0.25) is 0 Å². The standard InChI is InChI=1S/C28H24N4/c1(13-31-15-9-23-5-3-21-7-11-29-17-25(21)27(23)19-31)2-14-32-16-10-24-6-4-22-8-12-30-18-26(22)28(24)20-32/h3-12,15-20H,1-2,13-14H2/q+2. The number of benzene rings is 2. The SMILES string of the molecule is c1cc2ccc3cc[n+](CCCC[n+]4ccc5ccc6ccncc6c5c4)cc3c2cn1. The summed E-state index contributed by atoms with van der Waals surface area (Å²) in [4.78, 5) is 8.65. The van der Waals surface area contributed by atoms with Gasteiger partial charge in [0.1, 0.15) is 13.1 Å². The maximum absolute atomic E-state index is 4.33. The smallest absolute Gasteiger partial charge is 0.177 e. The highest BCUT2D eigenvalue weighted by Crippen LogP contribution is 2.24. The molecule has 0 spiro atoms. The monoisotopic (exact) mass is 416 g/mol. The van der Waals surface area contributed by atoms with Crippen LogP contribution < -0.4 is 9.13 Å². The molecule has 0 aliphatic carbocycles. The first kappa shape index (κ1) is 18.8. The van der Waals surface area contributed by atoms with E-state index >= 15 is 0 Å². The first-order chi connectivity index (χ1) is 15.8. The summed E-state index contributed by atoms with van der Waals surface area (Å²) in [5.74, 6) is 0. The van der Waals surface area contributed by atoms with E-state index in [1.54, 1.807) is 0 Å². The normalized spacial score (nSPS) is 11.6. The average Bonchev–Trinajstić information content (AvgIpc) is 2.86. The van der Waals surface area contributed by atoms with Crippen molar-refractivity contribution in [2.75, 3.05) is 0 Å². The lowest BCUT2D eigenvalue weighted by molar-refractivity contribution is -0.706. The summed E-state index contributed by atoms with van der Waals surface area (Å²) in [5, 5.41) is 9.96. The summed E-state index contributed by atoms with van der Waals surface area (Å²) >= 11 is 0. The fraction of sp³-hybridized carbons (Fsp3) is 0.143. The summed E-state index contributed by atoms with van der Waals surface area (Å²) in [7, 11) is 0. The van der Waals surface area contributed by atoms with Crippen LogP contribution in [0, 0.1) is 0 Å². The number of hydrogen-bond donors (Lipinski definition) is 0. The van der Waals surface area contributed by atoms with Crippen LogP contribution in [0.2, 0.25) is 0 Å². The molecule has 0 radical (unpaired) electrons. The molecule has 0 aliphatic rings. The molecule has 6 rings (SSSR count). The van der Waals surface area contributed by atoms with E-state index in [-0.39, 0.29) is 0 Å². The van der Waals surface area contributed by atoms with Crippen LogP contribution in [-0.4, -0.2) is 9.97 Å². The second kappa shape index (κ2) is 7.97. The minimum Gasteiger partial charge on any atom is -0.264 e. The zero-order valence-corrected chi connectivity index (χ0v) is 17.9. The number of nitrogens with zero attached hydrogens (tertiary/aromatic N) is 4. The number of hydrogen-bond acceptors (Lipinski definition) is 2. The van der Waals surface area contributed by atoms with Crippen molar-refractivity contribution in [1.82, 2.24) is 9.97 Å². The van der Waals surface area contributed by atoms with Crippen LogP contribution >= 0.6 is 0 Å². The van der Waals surface area contributed by atoms with E-state index in [0.717, 1.165) is 25.9 Å². The van der Waals surface area contributed by atoms with Crippen molar-refractivity contribution in [3.63, 3.8) is 0 Å². The summed E-state index contributed by atoms with van der Waals surface area (Å²) in [5.41, 5.74) is 0. The van der Waals surface area contributed by atoms with Gasteiger partial charge in [0, 0.05) is 60.5 Å². The van der Waals surface area contributed by atoms with Crippen molar-refractivity contribution < 1.29 is 9.13 Å². The number of aromatic nitrogens is 4. The lowest BCUT2D eigenvalue weighted by Gasteiger charge is -2.04. The van der Waals surface area contributed by atoms with Gasteiger partial charge in [-0.05, 0) is 33.7 Å². The molecule has 154 valence electrons. The van der Waals surface area contributed by atoms with Gasteiger partial charge in [0.25, 0.3) is 0 Å². The largest absolute Gasteiger partial charge is 0.264 e. The topological polar surface area (TPSA) is 33.5 Å². The van der Waals surface area contributed by atoms with Gasteiger partial charge in [-0.15, -0.1) is 0 Å². The lowest BCUT2D eigenvalue weighted by atomic mass is 10.1. The molecular formula is C28H24N4+2. The summed E-state index contributed by atoms with van der Waals surface area (Å²) in [6.07, 6.45) is 18.8. The minimum absolute atomic E-state index is 1.01. The number of fused-ring (bicyclic) bond motifs is 6. The van der Waals surface area contributed by atoms with Crippen molar-refractivity contribution >= 4 is 43.1 Å². The molecule has 2 aromatic carbocycles. The van der Waals surface area contributed by atoms with Crippen molar-refractivity contribution in [3.8, 4) is 0 Å². The Morgan fingerprint density at radius 2 is 0.938 bits per heavy atom. The molecule has 0 unspecified atom stereocenters. The Hall–Kier alpha value is -3.92. The van der Waals surface area contributed by atoms with E-state index in [2.05, 4.69) is 92.4 Å². The predicted molar refractivity (Wildman–Crippen MR) is 128 cm³/mol. The quantitative estimate of drug-likeness (QED) is 0.221. The summed E-state index contributed by atoms with van der Waals surface area (Å²) in [6, 6.07) is 17.3. The Kier molecular flexibility index (Phi) is 4.69. The Bertz CT molecular complexity index is 1470.